The van der Waals surface area contributed by atoms with Crippen molar-refractivity contribution in [2.24, 2.45) is 0 Å². The molecule has 0 saturated heterocycles. The second-order valence-electron chi connectivity index (χ2n) is 5.40. The minimum absolute atomic E-state index is 0.0478. The van der Waals surface area contributed by atoms with Crippen LogP contribution in [0, 0.1) is 0 Å². The molecule has 1 aromatic heterocycles. The molecule has 0 aliphatic carbocycles. The zero-order valence-electron chi connectivity index (χ0n) is 13.1. The van der Waals surface area contributed by atoms with Crippen molar-refractivity contribution in [3.63, 3.8) is 0 Å². The maximum Gasteiger partial charge on any atom is 0.251 e. The average molecular weight is 322 g/mol. The number of para-hydroxylation sites is 1. The molecule has 0 radical (unpaired) electrons. The second-order valence-corrected chi connectivity index (χ2v) is 5.40. The summed E-state index contributed by atoms with van der Waals surface area (Å²) in [5, 5.41) is 6.41. The molecule has 0 atom stereocenters. The number of carbonyl (C=O) groups is 2. The monoisotopic (exact) mass is 322 g/mol. The molecule has 2 amide bonds. The molecule has 0 aliphatic heterocycles. The van der Waals surface area contributed by atoms with E-state index in [0.717, 1.165) is 16.7 Å². The third-order valence-electron chi connectivity index (χ3n) is 3.62. The van der Waals surface area contributed by atoms with Crippen LogP contribution in [0.15, 0.2) is 65.1 Å². The van der Waals surface area contributed by atoms with E-state index in [2.05, 4.69) is 10.6 Å². The third-order valence-corrected chi connectivity index (χ3v) is 3.62. The van der Waals surface area contributed by atoms with Crippen LogP contribution < -0.4 is 10.6 Å². The Morgan fingerprint density at radius 1 is 0.917 bits per heavy atom. The Labute approximate surface area is 139 Å². The number of carbonyl (C=O) groups excluding carboxylic acids is 2. The van der Waals surface area contributed by atoms with Crippen molar-refractivity contribution in [1.82, 2.24) is 10.6 Å². The van der Waals surface area contributed by atoms with Gasteiger partial charge in [0.2, 0.25) is 5.91 Å². The van der Waals surface area contributed by atoms with E-state index in [9.17, 15) is 9.59 Å². The first-order valence-corrected chi connectivity index (χ1v) is 7.80. The van der Waals surface area contributed by atoms with Crippen LogP contribution in [0.3, 0.4) is 0 Å². The molecule has 0 fully saturated rings. The number of fused-ring (bicyclic) bond motifs is 1. The van der Waals surface area contributed by atoms with Gasteiger partial charge in [0.15, 0.2) is 0 Å². The van der Waals surface area contributed by atoms with E-state index >= 15 is 0 Å². The van der Waals surface area contributed by atoms with Crippen molar-refractivity contribution in [2.45, 2.75) is 6.42 Å². The zero-order valence-corrected chi connectivity index (χ0v) is 13.1. The molecule has 0 saturated carbocycles. The molecule has 2 N–H and O–H groups in total. The summed E-state index contributed by atoms with van der Waals surface area (Å²) in [5.41, 5.74) is 1.38. The maximum absolute atomic E-state index is 11.8. The first kappa shape index (κ1) is 15.8. The van der Waals surface area contributed by atoms with Crippen LogP contribution in [0.1, 0.15) is 16.1 Å². The standard InChI is InChI=1S/C19H18N2O3/c22-18(13-21-19(23)14-6-2-1-3-7-14)20-11-10-16-12-15-8-4-5-9-17(15)24-16/h1-9,12H,10-11,13H2,(H,20,22)(H,21,23). The molecule has 5 nitrogen and oxygen atoms in total. The average Bonchev–Trinajstić information content (AvgIpc) is 3.03. The highest BCUT2D eigenvalue weighted by molar-refractivity contribution is 5.96. The van der Waals surface area contributed by atoms with Crippen LogP contribution in [-0.4, -0.2) is 24.9 Å². The Balaban J connectivity index is 1.42. The summed E-state index contributed by atoms with van der Waals surface area (Å²) in [6, 6.07) is 18.6. The van der Waals surface area contributed by atoms with Gasteiger partial charge in [-0.1, -0.05) is 36.4 Å². The van der Waals surface area contributed by atoms with Crippen molar-refractivity contribution in [3.05, 3.63) is 72.0 Å². The van der Waals surface area contributed by atoms with E-state index < -0.39 is 0 Å². The number of hydrogen-bond acceptors (Lipinski definition) is 3. The maximum atomic E-state index is 11.8. The summed E-state index contributed by atoms with van der Waals surface area (Å²) in [5.74, 6) is 0.336. The minimum Gasteiger partial charge on any atom is -0.461 e. The molecule has 24 heavy (non-hydrogen) atoms. The van der Waals surface area contributed by atoms with Gasteiger partial charge in [0.05, 0.1) is 6.54 Å². The highest BCUT2D eigenvalue weighted by atomic mass is 16.3. The lowest BCUT2D eigenvalue weighted by Crippen LogP contribution is -2.37. The van der Waals surface area contributed by atoms with Gasteiger partial charge in [0.25, 0.3) is 5.91 Å². The van der Waals surface area contributed by atoms with Gasteiger partial charge in [-0.15, -0.1) is 0 Å². The summed E-state index contributed by atoms with van der Waals surface area (Å²) in [6.07, 6.45) is 0.604. The van der Waals surface area contributed by atoms with Crippen LogP contribution in [0.5, 0.6) is 0 Å². The fraction of sp³-hybridized carbons (Fsp3) is 0.158. The van der Waals surface area contributed by atoms with Gasteiger partial charge in [-0.3, -0.25) is 9.59 Å². The summed E-state index contributed by atoms with van der Waals surface area (Å²) >= 11 is 0. The smallest absolute Gasteiger partial charge is 0.251 e. The normalized spacial score (nSPS) is 10.5. The largest absolute Gasteiger partial charge is 0.461 e. The van der Waals surface area contributed by atoms with E-state index in [-0.39, 0.29) is 18.4 Å². The predicted octanol–water partition coefficient (Wildman–Crippen LogP) is 2.52. The van der Waals surface area contributed by atoms with E-state index in [4.69, 9.17) is 4.42 Å². The molecule has 3 rings (SSSR count). The third kappa shape index (κ3) is 4.01. The number of nitrogens with one attached hydrogen (secondary N) is 2. The van der Waals surface area contributed by atoms with Crippen molar-refractivity contribution < 1.29 is 14.0 Å². The highest BCUT2D eigenvalue weighted by Crippen LogP contribution is 2.18. The van der Waals surface area contributed by atoms with Gasteiger partial charge in [-0.25, -0.2) is 0 Å². The first-order valence-electron chi connectivity index (χ1n) is 7.80. The summed E-state index contributed by atoms with van der Waals surface area (Å²) in [4.78, 5) is 23.6. The van der Waals surface area contributed by atoms with Crippen LogP contribution in [-0.2, 0) is 11.2 Å². The highest BCUT2D eigenvalue weighted by Gasteiger charge is 2.08. The van der Waals surface area contributed by atoms with Crippen molar-refractivity contribution in [2.75, 3.05) is 13.1 Å². The van der Waals surface area contributed by atoms with E-state index in [1.165, 1.54) is 0 Å². The lowest BCUT2D eigenvalue weighted by Gasteiger charge is -2.06. The van der Waals surface area contributed by atoms with Gasteiger partial charge in [0.1, 0.15) is 11.3 Å². The first-order chi connectivity index (χ1) is 11.7. The van der Waals surface area contributed by atoms with E-state index in [1.54, 1.807) is 24.3 Å². The van der Waals surface area contributed by atoms with Crippen LogP contribution in [0.4, 0.5) is 0 Å². The summed E-state index contributed by atoms with van der Waals surface area (Å²) in [7, 11) is 0. The molecule has 5 heteroatoms. The zero-order chi connectivity index (χ0) is 16.8. The molecule has 2 aromatic carbocycles. The Bertz CT molecular complexity index is 807. The summed E-state index contributed by atoms with van der Waals surface area (Å²) < 4.78 is 5.68. The molecule has 0 aliphatic rings. The van der Waals surface area contributed by atoms with E-state index in [0.29, 0.717) is 18.5 Å². The molecule has 0 bridgehead atoms. The topological polar surface area (TPSA) is 71.3 Å². The molecule has 1 heterocycles. The fourth-order valence-corrected chi connectivity index (χ4v) is 2.40. The van der Waals surface area contributed by atoms with Crippen molar-refractivity contribution in [3.8, 4) is 0 Å². The quantitative estimate of drug-likeness (QED) is 0.732. The molecular formula is C19H18N2O3. The Kier molecular flexibility index (Phi) is 4.91. The Morgan fingerprint density at radius 2 is 1.67 bits per heavy atom. The lowest BCUT2D eigenvalue weighted by molar-refractivity contribution is -0.120. The van der Waals surface area contributed by atoms with Gasteiger partial charge in [-0.2, -0.15) is 0 Å². The van der Waals surface area contributed by atoms with Crippen molar-refractivity contribution in [1.29, 1.82) is 0 Å². The Morgan fingerprint density at radius 3 is 2.46 bits per heavy atom. The van der Waals surface area contributed by atoms with E-state index in [1.807, 2.05) is 36.4 Å². The molecule has 0 spiro atoms. The molecule has 0 unspecified atom stereocenters. The number of furan rings is 1. The fourth-order valence-electron chi connectivity index (χ4n) is 2.40. The summed E-state index contributed by atoms with van der Waals surface area (Å²) in [6.45, 7) is 0.410. The van der Waals surface area contributed by atoms with Gasteiger partial charge < -0.3 is 15.1 Å². The number of benzene rings is 2. The van der Waals surface area contributed by atoms with Crippen LogP contribution in [0.2, 0.25) is 0 Å². The minimum atomic E-state index is -0.261. The predicted molar refractivity (Wildman–Crippen MR) is 91.7 cm³/mol. The van der Waals surface area contributed by atoms with Crippen molar-refractivity contribution >= 4 is 22.8 Å². The SMILES string of the molecule is O=C(CNC(=O)c1ccccc1)NCCc1cc2ccccc2o1. The second kappa shape index (κ2) is 7.46. The Hall–Kier alpha value is -3.08. The molecule has 3 aromatic rings. The van der Waals surface area contributed by atoms with Crippen LogP contribution >= 0.6 is 0 Å². The number of rotatable bonds is 6. The van der Waals surface area contributed by atoms with Gasteiger partial charge in [-0.05, 0) is 24.3 Å². The number of hydrogen-bond donors (Lipinski definition) is 2. The van der Waals surface area contributed by atoms with Crippen LogP contribution in [0.25, 0.3) is 11.0 Å². The van der Waals surface area contributed by atoms with Gasteiger partial charge in [0, 0.05) is 23.9 Å². The molecule has 122 valence electrons. The number of amides is 2. The van der Waals surface area contributed by atoms with Gasteiger partial charge >= 0.3 is 0 Å². The lowest BCUT2D eigenvalue weighted by atomic mass is 10.2. The molecular weight excluding hydrogens is 304 g/mol.